The standard InChI is InChI=1S/C17H16ClN3O3S2/c1-2-14-6-7-15(25-14)26(22,23)21-9-12(10-21)17-19-16(20-24-17)11-4-3-5-13(18)8-11/h3-8,12H,2,9-10H2,1H3. The van der Waals surface area contributed by atoms with Crippen LogP contribution in [0.2, 0.25) is 5.02 Å². The Labute approximate surface area is 160 Å². The van der Waals surface area contributed by atoms with Gasteiger partial charge in [-0.3, -0.25) is 0 Å². The summed E-state index contributed by atoms with van der Waals surface area (Å²) in [7, 11) is -3.44. The van der Waals surface area contributed by atoms with Gasteiger partial charge in [-0.25, -0.2) is 8.42 Å². The average Bonchev–Trinajstić information content (AvgIpc) is 3.23. The summed E-state index contributed by atoms with van der Waals surface area (Å²) >= 11 is 7.31. The molecule has 136 valence electrons. The molecule has 4 rings (SSSR count). The summed E-state index contributed by atoms with van der Waals surface area (Å²) < 4.78 is 32.4. The van der Waals surface area contributed by atoms with Crippen molar-refractivity contribution >= 4 is 33.0 Å². The zero-order valence-corrected chi connectivity index (χ0v) is 16.3. The lowest BCUT2D eigenvalue weighted by molar-refractivity contribution is 0.217. The van der Waals surface area contributed by atoms with Crippen LogP contribution in [0, 0.1) is 0 Å². The number of rotatable bonds is 5. The molecule has 0 spiro atoms. The van der Waals surface area contributed by atoms with E-state index >= 15 is 0 Å². The number of nitrogens with zero attached hydrogens (tertiary/aromatic N) is 3. The van der Waals surface area contributed by atoms with Crippen molar-refractivity contribution in [2.75, 3.05) is 13.1 Å². The smallest absolute Gasteiger partial charge is 0.252 e. The van der Waals surface area contributed by atoms with Gasteiger partial charge in [0.25, 0.3) is 10.0 Å². The maximum Gasteiger partial charge on any atom is 0.252 e. The number of halogens is 1. The number of hydrogen-bond donors (Lipinski definition) is 0. The second kappa shape index (κ2) is 6.77. The van der Waals surface area contributed by atoms with E-state index in [9.17, 15) is 8.42 Å². The van der Waals surface area contributed by atoms with Crippen molar-refractivity contribution in [1.29, 1.82) is 0 Å². The van der Waals surface area contributed by atoms with Gasteiger partial charge in [0, 0.05) is 28.6 Å². The summed E-state index contributed by atoms with van der Waals surface area (Å²) in [6.07, 6.45) is 0.830. The molecular formula is C17H16ClN3O3S2. The second-order valence-electron chi connectivity index (χ2n) is 6.06. The van der Waals surface area contributed by atoms with Crippen molar-refractivity contribution in [2.45, 2.75) is 23.5 Å². The van der Waals surface area contributed by atoms with Crippen LogP contribution >= 0.6 is 22.9 Å². The zero-order valence-electron chi connectivity index (χ0n) is 13.9. The Morgan fingerprint density at radius 2 is 2.12 bits per heavy atom. The fourth-order valence-electron chi connectivity index (χ4n) is 2.75. The first-order valence-electron chi connectivity index (χ1n) is 8.16. The first kappa shape index (κ1) is 17.7. The number of sulfonamides is 1. The Kier molecular flexibility index (Phi) is 4.60. The van der Waals surface area contributed by atoms with Crippen LogP contribution in [-0.2, 0) is 16.4 Å². The summed E-state index contributed by atoms with van der Waals surface area (Å²) in [4.78, 5) is 5.45. The van der Waals surface area contributed by atoms with Gasteiger partial charge in [-0.2, -0.15) is 9.29 Å². The molecule has 0 unspecified atom stereocenters. The molecule has 0 N–H and O–H groups in total. The normalized spacial score (nSPS) is 15.9. The molecule has 3 aromatic rings. The summed E-state index contributed by atoms with van der Waals surface area (Å²) in [6.45, 7) is 2.70. The van der Waals surface area contributed by atoms with Gasteiger partial charge in [0.2, 0.25) is 11.7 Å². The van der Waals surface area contributed by atoms with Crippen molar-refractivity contribution in [3.8, 4) is 11.4 Å². The molecule has 0 amide bonds. The monoisotopic (exact) mass is 409 g/mol. The van der Waals surface area contributed by atoms with Crippen LogP contribution in [0.15, 0.2) is 45.1 Å². The van der Waals surface area contributed by atoms with Crippen LogP contribution < -0.4 is 0 Å². The van der Waals surface area contributed by atoms with Gasteiger partial charge in [0.05, 0.1) is 5.92 Å². The lowest BCUT2D eigenvalue weighted by atomic mass is 10.0. The molecule has 26 heavy (non-hydrogen) atoms. The van der Waals surface area contributed by atoms with Crippen molar-refractivity contribution in [3.63, 3.8) is 0 Å². The number of benzene rings is 1. The molecule has 9 heteroatoms. The first-order valence-corrected chi connectivity index (χ1v) is 10.8. The molecular weight excluding hydrogens is 394 g/mol. The van der Waals surface area contributed by atoms with E-state index in [-0.39, 0.29) is 5.92 Å². The number of thiophene rings is 1. The van der Waals surface area contributed by atoms with Crippen molar-refractivity contribution in [1.82, 2.24) is 14.4 Å². The van der Waals surface area contributed by atoms with Crippen LogP contribution in [0.25, 0.3) is 11.4 Å². The summed E-state index contributed by atoms with van der Waals surface area (Å²) in [5.41, 5.74) is 0.766. The van der Waals surface area contributed by atoms with Crippen LogP contribution in [0.3, 0.4) is 0 Å². The van der Waals surface area contributed by atoms with E-state index in [0.29, 0.717) is 34.0 Å². The molecule has 1 aliphatic heterocycles. The van der Waals surface area contributed by atoms with Gasteiger partial charge in [-0.05, 0) is 30.7 Å². The SMILES string of the molecule is CCc1ccc(S(=O)(=O)N2CC(c3nc(-c4cccc(Cl)c4)no3)C2)s1. The Morgan fingerprint density at radius 1 is 1.31 bits per heavy atom. The summed E-state index contributed by atoms with van der Waals surface area (Å²) in [5.74, 6) is 0.817. The van der Waals surface area contributed by atoms with E-state index in [2.05, 4.69) is 10.1 Å². The maximum absolute atomic E-state index is 12.6. The number of aryl methyl sites for hydroxylation is 1. The largest absolute Gasteiger partial charge is 0.339 e. The highest BCUT2D eigenvalue weighted by molar-refractivity contribution is 7.91. The molecule has 0 atom stereocenters. The minimum atomic E-state index is -3.44. The summed E-state index contributed by atoms with van der Waals surface area (Å²) in [5, 5.41) is 4.57. The molecule has 0 aliphatic carbocycles. The van der Waals surface area contributed by atoms with Gasteiger partial charge in [-0.1, -0.05) is 35.8 Å². The molecule has 0 bridgehead atoms. The quantitative estimate of drug-likeness (QED) is 0.640. The summed E-state index contributed by atoms with van der Waals surface area (Å²) in [6, 6.07) is 10.7. The minimum absolute atomic E-state index is 0.0872. The fraction of sp³-hybridized carbons (Fsp3) is 0.294. The van der Waals surface area contributed by atoms with Gasteiger partial charge in [-0.15, -0.1) is 11.3 Å². The molecule has 1 aliphatic rings. The third-order valence-corrected chi connectivity index (χ3v) is 8.07. The van der Waals surface area contributed by atoms with E-state index in [1.165, 1.54) is 15.6 Å². The van der Waals surface area contributed by atoms with E-state index in [1.54, 1.807) is 18.2 Å². The fourth-order valence-corrected chi connectivity index (χ4v) is 5.92. The van der Waals surface area contributed by atoms with E-state index < -0.39 is 10.0 Å². The third kappa shape index (κ3) is 3.18. The number of aromatic nitrogens is 2. The van der Waals surface area contributed by atoms with Crippen LogP contribution in [0.1, 0.15) is 23.6 Å². The van der Waals surface area contributed by atoms with Crippen molar-refractivity contribution < 1.29 is 12.9 Å². The Balaban J connectivity index is 1.46. The van der Waals surface area contributed by atoms with Gasteiger partial charge >= 0.3 is 0 Å². The third-order valence-electron chi connectivity index (χ3n) is 4.30. The van der Waals surface area contributed by atoms with Gasteiger partial charge in [0.15, 0.2) is 0 Å². The first-order chi connectivity index (χ1) is 12.5. The average molecular weight is 410 g/mol. The maximum atomic E-state index is 12.6. The van der Waals surface area contributed by atoms with Gasteiger partial charge < -0.3 is 4.52 Å². The molecule has 1 aromatic carbocycles. The molecule has 1 fully saturated rings. The predicted octanol–water partition coefficient (Wildman–Crippen LogP) is 3.80. The molecule has 6 nitrogen and oxygen atoms in total. The Hall–Kier alpha value is -1.74. The predicted molar refractivity (Wildman–Crippen MR) is 99.9 cm³/mol. The Morgan fingerprint density at radius 3 is 2.81 bits per heavy atom. The highest BCUT2D eigenvalue weighted by Crippen LogP contribution is 2.34. The topological polar surface area (TPSA) is 76.3 Å². The minimum Gasteiger partial charge on any atom is -0.339 e. The molecule has 0 saturated carbocycles. The van der Waals surface area contributed by atoms with E-state index in [1.807, 2.05) is 25.1 Å². The van der Waals surface area contributed by atoms with Crippen LogP contribution in [0.5, 0.6) is 0 Å². The van der Waals surface area contributed by atoms with Crippen molar-refractivity contribution in [2.24, 2.45) is 0 Å². The van der Waals surface area contributed by atoms with E-state index in [4.69, 9.17) is 16.1 Å². The van der Waals surface area contributed by atoms with Crippen LogP contribution in [0.4, 0.5) is 0 Å². The Bertz CT molecular complexity index is 1040. The van der Waals surface area contributed by atoms with Gasteiger partial charge in [0.1, 0.15) is 4.21 Å². The zero-order chi connectivity index (χ0) is 18.3. The molecule has 1 saturated heterocycles. The highest BCUT2D eigenvalue weighted by atomic mass is 35.5. The lowest BCUT2D eigenvalue weighted by Crippen LogP contribution is -2.48. The molecule has 2 aromatic heterocycles. The highest BCUT2D eigenvalue weighted by Gasteiger charge is 2.41. The number of hydrogen-bond acceptors (Lipinski definition) is 6. The molecule has 0 radical (unpaired) electrons. The van der Waals surface area contributed by atoms with Crippen LogP contribution in [-0.4, -0.2) is 36.0 Å². The second-order valence-corrected chi connectivity index (χ2v) is 9.83. The molecule has 3 heterocycles. The van der Waals surface area contributed by atoms with Crippen molar-refractivity contribution in [3.05, 3.63) is 52.2 Å². The lowest BCUT2D eigenvalue weighted by Gasteiger charge is -2.35. The van der Waals surface area contributed by atoms with E-state index in [0.717, 1.165) is 16.9 Å².